The largest absolute Gasteiger partial charge is 0.508 e. The number of phenols is 1. The monoisotopic (exact) mass is 338 g/mol. The first-order chi connectivity index (χ1) is 11.2. The summed E-state index contributed by atoms with van der Waals surface area (Å²) < 4.78 is 4.56. The molecule has 24 heavy (non-hydrogen) atoms. The number of benzene rings is 1. The Hall–Kier alpha value is -3.36. The van der Waals surface area contributed by atoms with Gasteiger partial charge < -0.3 is 25.2 Å². The second-order valence-corrected chi connectivity index (χ2v) is 4.66. The van der Waals surface area contributed by atoms with Crippen molar-refractivity contribution in [2.45, 2.75) is 12.5 Å². The van der Waals surface area contributed by atoms with Crippen molar-refractivity contribution < 1.29 is 44.3 Å². The van der Waals surface area contributed by atoms with E-state index in [-0.39, 0.29) is 5.75 Å². The van der Waals surface area contributed by atoms with Crippen LogP contribution in [0.25, 0.3) is 6.08 Å². The highest BCUT2D eigenvalue weighted by molar-refractivity contribution is 5.91. The van der Waals surface area contributed by atoms with Crippen LogP contribution in [-0.2, 0) is 23.9 Å². The molecule has 0 radical (unpaired) electrons. The van der Waals surface area contributed by atoms with Crippen molar-refractivity contribution in [3.05, 3.63) is 35.9 Å². The van der Waals surface area contributed by atoms with Crippen molar-refractivity contribution in [1.29, 1.82) is 0 Å². The molecule has 0 saturated carbocycles. The fraction of sp³-hybridized carbons (Fsp3) is 0.200. The summed E-state index contributed by atoms with van der Waals surface area (Å²) in [6, 6.07) is 5.66. The fourth-order valence-corrected chi connectivity index (χ4v) is 1.73. The average molecular weight is 338 g/mol. The number of phenolic OH excluding ortho intramolecular Hbond substituents is 1. The maximum absolute atomic E-state index is 11.6. The SMILES string of the molecule is O=C(O)C[C@H](C(=O)O)[C@H](OC(=O)/C=C/c1ccc(O)cc1)C(=O)O. The van der Waals surface area contributed by atoms with Gasteiger partial charge in [0.25, 0.3) is 0 Å². The van der Waals surface area contributed by atoms with Crippen LogP contribution in [0, 0.1) is 5.92 Å². The quantitative estimate of drug-likeness (QED) is 0.393. The molecule has 1 aromatic carbocycles. The molecule has 0 aliphatic rings. The van der Waals surface area contributed by atoms with Crippen LogP contribution in [0.4, 0.5) is 0 Å². The summed E-state index contributed by atoms with van der Waals surface area (Å²) in [4.78, 5) is 44.4. The Labute approximate surface area is 135 Å². The van der Waals surface area contributed by atoms with Gasteiger partial charge in [0.2, 0.25) is 6.10 Å². The number of carbonyl (C=O) groups excluding carboxylic acids is 1. The van der Waals surface area contributed by atoms with Gasteiger partial charge in [-0.2, -0.15) is 0 Å². The number of hydrogen-bond acceptors (Lipinski definition) is 6. The number of carbonyl (C=O) groups is 4. The zero-order chi connectivity index (χ0) is 18.3. The molecule has 0 aliphatic carbocycles. The maximum atomic E-state index is 11.6. The predicted molar refractivity (Wildman–Crippen MR) is 78.0 cm³/mol. The topological polar surface area (TPSA) is 158 Å². The first kappa shape index (κ1) is 18.7. The zero-order valence-corrected chi connectivity index (χ0v) is 12.2. The molecule has 0 amide bonds. The smallest absolute Gasteiger partial charge is 0.345 e. The second-order valence-electron chi connectivity index (χ2n) is 4.66. The third-order valence-electron chi connectivity index (χ3n) is 2.87. The molecule has 0 saturated heterocycles. The summed E-state index contributed by atoms with van der Waals surface area (Å²) in [5.74, 6) is -8.07. The zero-order valence-electron chi connectivity index (χ0n) is 12.2. The number of aliphatic carboxylic acids is 3. The van der Waals surface area contributed by atoms with Crippen LogP contribution < -0.4 is 0 Å². The van der Waals surface area contributed by atoms with E-state index in [1.807, 2.05) is 0 Å². The third-order valence-corrected chi connectivity index (χ3v) is 2.87. The molecule has 128 valence electrons. The Bertz CT molecular complexity index is 660. The lowest BCUT2D eigenvalue weighted by Crippen LogP contribution is -2.39. The van der Waals surface area contributed by atoms with Crippen LogP contribution in [-0.4, -0.2) is 50.4 Å². The van der Waals surface area contributed by atoms with E-state index in [1.54, 1.807) is 0 Å². The van der Waals surface area contributed by atoms with E-state index in [4.69, 9.17) is 20.4 Å². The van der Waals surface area contributed by atoms with E-state index in [0.717, 1.165) is 6.08 Å². The van der Waals surface area contributed by atoms with Gasteiger partial charge in [-0.15, -0.1) is 0 Å². The number of esters is 1. The standard InChI is InChI=1S/C15H14O9/c16-9-4-1-8(2-5-9)3-6-12(19)24-13(15(22)23)10(14(20)21)7-11(17)18/h1-6,10,13,16H,7H2,(H,17,18)(H,20,21)(H,22,23)/b6-3+/t10-,13-/m0/s1. The lowest BCUT2D eigenvalue weighted by Gasteiger charge is -2.18. The van der Waals surface area contributed by atoms with Gasteiger partial charge in [-0.3, -0.25) is 9.59 Å². The van der Waals surface area contributed by atoms with Gasteiger partial charge in [-0.25, -0.2) is 9.59 Å². The summed E-state index contributed by atoms with van der Waals surface area (Å²) >= 11 is 0. The number of carboxylic acid groups (broad SMARTS) is 3. The van der Waals surface area contributed by atoms with E-state index in [0.29, 0.717) is 5.56 Å². The molecule has 1 aromatic rings. The van der Waals surface area contributed by atoms with E-state index in [1.165, 1.54) is 30.3 Å². The highest BCUT2D eigenvalue weighted by Gasteiger charge is 2.38. The predicted octanol–water partition coefficient (Wildman–Crippen LogP) is 0.577. The van der Waals surface area contributed by atoms with E-state index in [2.05, 4.69) is 4.74 Å². The van der Waals surface area contributed by atoms with Crippen LogP contribution >= 0.6 is 0 Å². The minimum Gasteiger partial charge on any atom is -0.508 e. The molecule has 1 rings (SSSR count). The number of hydrogen-bond donors (Lipinski definition) is 4. The maximum Gasteiger partial charge on any atom is 0.345 e. The number of rotatable bonds is 8. The number of carboxylic acids is 3. The molecule has 0 fully saturated rings. The Morgan fingerprint density at radius 3 is 2.04 bits per heavy atom. The molecule has 0 spiro atoms. The molecular weight excluding hydrogens is 324 g/mol. The van der Waals surface area contributed by atoms with E-state index in [9.17, 15) is 19.2 Å². The molecule has 2 atom stereocenters. The lowest BCUT2D eigenvalue weighted by molar-refractivity contribution is -0.172. The van der Waals surface area contributed by atoms with Gasteiger partial charge >= 0.3 is 23.9 Å². The molecule has 0 bridgehead atoms. The van der Waals surface area contributed by atoms with Crippen molar-refractivity contribution in [3.63, 3.8) is 0 Å². The third kappa shape index (κ3) is 5.79. The fourth-order valence-electron chi connectivity index (χ4n) is 1.73. The summed E-state index contributed by atoms with van der Waals surface area (Å²) in [6.07, 6.45) is -1.03. The molecule has 9 heteroatoms. The molecule has 0 unspecified atom stereocenters. The van der Waals surface area contributed by atoms with Crippen LogP contribution in [0.3, 0.4) is 0 Å². The Morgan fingerprint density at radius 2 is 1.58 bits per heavy atom. The minimum absolute atomic E-state index is 0.0126. The molecule has 0 aromatic heterocycles. The summed E-state index contributed by atoms with van der Waals surface area (Å²) in [6.45, 7) is 0. The van der Waals surface area contributed by atoms with Gasteiger partial charge in [0.1, 0.15) is 11.7 Å². The van der Waals surface area contributed by atoms with Crippen LogP contribution in [0.1, 0.15) is 12.0 Å². The normalized spacial score (nSPS) is 13.2. The van der Waals surface area contributed by atoms with Crippen molar-refractivity contribution in [2.75, 3.05) is 0 Å². The summed E-state index contributed by atoms with van der Waals surface area (Å²) in [5.41, 5.74) is 0.497. The molecule has 0 aliphatic heterocycles. The van der Waals surface area contributed by atoms with Crippen molar-refractivity contribution in [2.24, 2.45) is 5.92 Å². The van der Waals surface area contributed by atoms with Crippen LogP contribution in [0.2, 0.25) is 0 Å². The molecule has 4 N–H and O–H groups in total. The Kier molecular flexibility index (Phi) is 6.48. The van der Waals surface area contributed by atoms with Crippen molar-refractivity contribution in [1.82, 2.24) is 0 Å². The van der Waals surface area contributed by atoms with Crippen LogP contribution in [0.15, 0.2) is 30.3 Å². The van der Waals surface area contributed by atoms with Gasteiger partial charge in [0.05, 0.1) is 6.42 Å². The summed E-state index contributed by atoms with van der Waals surface area (Å²) in [5, 5.41) is 35.7. The lowest BCUT2D eigenvalue weighted by atomic mass is 9.98. The Morgan fingerprint density at radius 1 is 1.00 bits per heavy atom. The van der Waals surface area contributed by atoms with Gasteiger partial charge in [0, 0.05) is 6.08 Å². The Balaban J connectivity index is 2.85. The van der Waals surface area contributed by atoms with E-state index < -0.39 is 42.3 Å². The van der Waals surface area contributed by atoms with Crippen molar-refractivity contribution in [3.8, 4) is 5.75 Å². The van der Waals surface area contributed by atoms with Crippen LogP contribution in [0.5, 0.6) is 5.75 Å². The molecule has 0 heterocycles. The van der Waals surface area contributed by atoms with Crippen molar-refractivity contribution >= 4 is 30.0 Å². The molecular formula is C15H14O9. The summed E-state index contributed by atoms with van der Waals surface area (Å²) in [7, 11) is 0. The minimum atomic E-state index is -2.14. The first-order valence-electron chi connectivity index (χ1n) is 6.56. The number of aromatic hydroxyl groups is 1. The molecule has 9 nitrogen and oxygen atoms in total. The van der Waals surface area contributed by atoms with Gasteiger partial charge in [-0.1, -0.05) is 12.1 Å². The van der Waals surface area contributed by atoms with Gasteiger partial charge in [-0.05, 0) is 23.8 Å². The number of ether oxygens (including phenoxy) is 1. The first-order valence-corrected chi connectivity index (χ1v) is 6.56. The highest BCUT2D eigenvalue weighted by atomic mass is 16.6. The second kappa shape index (κ2) is 8.32. The highest BCUT2D eigenvalue weighted by Crippen LogP contribution is 2.15. The van der Waals surface area contributed by atoms with Gasteiger partial charge in [0.15, 0.2) is 0 Å². The average Bonchev–Trinajstić information content (AvgIpc) is 2.49. The van der Waals surface area contributed by atoms with E-state index >= 15 is 0 Å².